The number of rotatable bonds is 57. The minimum atomic E-state index is -0.791. The van der Waals surface area contributed by atoms with Gasteiger partial charge in [0.15, 0.2) is 6.10 Å². The minimum Gasteiger partial charge on any atom is -0.462 e. The largest absolute Gasteiger partial charge is 0.462 e. The van der Waals surface area contributed by atoms with E-state index in [1.807, 2.05) is 0 Å². The molecule has 6 heteroatoms. The highest BCUT2D eigenvalue weighted by Crippen LogP contribution is 2.16. The van der Waals surface area contributed by atoms with Crippen LogP contribution in [0.5, 0.6) is 0 Å². The molecule has 0 aliphatic carbocycles. The molecule has 426 valence electrons. The van der Waals surface area contributed by atoms with Gasteiger partial charge in [-0.3, -0.25) is 14.4 Å². The average molecular weight is 1030 g/mol. The SMILES string of the molecule is CC/C=C\C/C=C\C/C=C\C/C=C\C/C=C\CCCCCCCC(=O)OCC(COC(=O)CCCCCCC/C=C\CCCCCCC)OC(=O)CCCCCCCCCCC/C=C\CCCCCCCCCC. The highest BCUT2D eigenvalue weighted by molar-refractivity contribution is 5.71. The molecule has 1 atom stereocenters. The number of carbonyl (C=O) groups is 3. The van der Waals surface area contributed by atoms with E-state index in [4.69, 9.17) is 14.2 Å². The van der Waals surface area contributed by atoms with E-state index in [1.165, 1.54) is 154 Å². The maximum absolute atomic E-state index is 12.9. The van der Waals surface area contributed by atoms with Crippen LogP contribution in [0.4, 0.5) is 0 Å². The quantitative estimate of drug-likeness (QED) is 0.0261. The molecule has 0 bridgehead atoms. The lowest BCUT2D eigenvalue weighted by atomic mass is 10.1. The zero-order valence-electron chi connectivity index (χ0n) is 48.8. The monoisotopic (exact) mass is 1030 g/mol. The standard InChI is InChI=1S/C68H118O6/c1-4-7-10-13-16-19-22-25-28-30-32-34-36-38-40-43-46-49-52-55-58-61-67(70)73-64-65(63-72-66(69)60-57-54-51-48-45-42-27-24-21-18-15-12-9-6-3)74-68(71)62-59-56-53-50-47-44-41-39-37-35-33-31-29-26-23-20-17-14-11-8-5-2/h7,10,16,19,24-25,27-28,31-34,38,40,65H,4-6,8-9,11-15,17-18,20-23,26,29-30,35-37,39,41-64H2,1-3H3/b10-7-,19-16-,27-24-,28-25-,33-31-,34-32-,40-38-. The van der Waals surface area contributed by atoms with E-state index in [-0.39, 0.29) is 31.1 Å². The molecule has 0 aromatic rings. The van der Waals surface area contributed by atoms with Crippen LogP contribution < -0.4 is 0 Å². The van der Waals surface area contributed by atoms with Gasteiger partial charge in [0.05, 0.1) is 0 Å². The van der Waals surface area contributed by atoms with Gasteiger partial charge in [0.25, 0.3) is 0 Å². The smallest absolute Gasteiger partial charge is 0.306 e. The molecule has 0 N–H and O–H groups in total. The van der Waals surface area contributed by atoms with Crippen LogP contribution in [-0.4, -0.2) is 37.2 Å². The molecular weight excluding hydrogens is 913 g/mol. The summed E-state index contributed by atoms with van der Waals surface area (Å²) in [6.45, 7) is 6.52. The summed E-state index contributed by atoms with van der Waals surface area (Å²) in [6.07, 6.45) is 81.5. The summed E-state index contributed by atoms with van der Waals surface area (Å²) in [5.74, 6) is -0.905. The van der Waals surface area contributed by atoms with Crippen LogP contribution in [0.25, 0.3) is 0 Å². The van der Waals surface area contributed by atoms with Crippen molar-refractivity contribution in [3.8, 4) is 0 Å². The maximum Gasteiger partial charge on any atom is 0.306 e. The molecule has 0 rings (SSSR count). The van der Waals surface area contributed by atoms with Crippen molar-refractivity contribution in [1.29, 1.82) is 0 Å². The van der Waals surface area contributed by atoms with Crippen LogP contribution in [0.2, 0.25) is 0 Å². The Balaban J connectivity index is 4.40. The topological polar surface area (TPSA) is 78.9 Å². The summed E-state index contributed by atoms with van der Waals surface area (Å²) in [4.78, 5) is 38.3. The molecular formula is C68H118O6. The second-order valence-electron chi connectivity index (χ2n) is 20.9. The minimum absolute atomic E-state index is 0.0870. The first-order valence-corrected chi connectivity index (χ1v) is 31.6. The lowest BCUT2D eigenvalue weighted by molar-refractivity contribution is -0.167. The van der Waals surface area contributed by atoms with Crippen molar-refractivity contribution >= 4 is 17.9 Å². The number of ether oxygens (including phenoxy) is 3. The van der Waals surface area contributed by atoms with Crippen LogP contribution in [0.1, 0.15) is 310 Å². The normalized spacial score (nSPS) is 12.6. The Bertz CT molecular complexity index is 1420. The van der Waals surface area contributed by atoms with E-state index < -0.39 is 6.10 Å². The third-order valence-electron chi connectivity index (χ3n) is 13.6. The summed E-state index contributed by atoms with van der Waals surface area (Å²) < 4.78 is 16.9. The Morgan fingerprint density at radius 3 is 0.838 bits per heavy atom. The second kappa shape index (κ2) is 62.1. The van der Waals surface area contributed by atoms with Crippen LogP contribution >= 0.6 is 0 Å². The summed E-state index contributed by atoms with van der Waals surface area (Å²) in [5, 5.41) is 0. The van der Waals surface area contributed by atoms with Gasteiger partial charge in [-0.05, 0) is 116 Å². The van der Waals surface area contributed by atoms with Gasteiger partial charge in [0, 0.05) is 19.3 Å². The van der Waals surface area contributed by atoms with Gasteiger partial charge in [-0.1, -0.05) is 260 Å². The molecule has 74 heavy (non-hydrogen) atoms. The Morgan fingerprint density at radius 1 is 0.284 bits per heavy atom. The third-order valence-corrected chi connectivity index (χ3v) is 13.6. The van der Waals surface area contributed by atoms with Crippen molar-refractivity contribution in [2.45, 2.75) is 316 Å². The Morgan fingerprint density at radius 2 is 0.527 bits per heavy atom. The molecule has 6 nitrogen and oxygen atoms in total. The molecule has 0 fully saturated rings. The molecule has 0 aliphatic rings. The van der Waals surface area contributed by atoms with Gasteiger partial charge in [-0.15, -0.1) is 0 Å². The highest BCUT2D eigenvalue weighted by Gasteiger charge is 2.19. The number of hydrogen-bond acceptors (Lipinski definition) is 6. The van der Waals surface area contributed by atoms with Gasteiger partial charge in [-0.2, -0.15) is 0 Å². The van der Waals surface area contributed by atoms with E-state index in [2.05, 4.69) is 106 Å². The molecule has 0 aromatic carbocycles. The summed E-state index contributed by atoms with van der Waals surface area (Å²) >= 11 is 0. The molecule has 0 aliphatic heterocycles. The summed E-state index contributed by atoms with van der Waals surface area (Å²) in [7, 11) is 0. The number of carbonyl (C=O) groups excluding carboxylic acids is 3. The zero-order chi connectivity index (χ0) is 53.6. The number of esters is 3. The fourth-order valence-electron chi connectivity index (χ4n) is 8.87. The van der Waals surface area contributed by atoms with Crippen molar-refractivity contribution in [3.05, 3.63) is 85.1 Å². The van der Waals surface area contributed by atoms with Crippen LogP contribution in [-0.2, 0) is 28.6 Å². The van der Waals surface area contributed by atoms with Crippen molar-refractivity contribution < 1.29 is 28.6 Å². The highest BCUT2D eigenvalue weighted by atomic mass is 16.6. The van der Waals surface area contributed by atoms with Crippen molar-refractivity contribution in [2.75, 3.05) is 13.2 Å². The lowest BCUT2D eigenvalue weighted by Crippen LogP contribution is -2.30. The third kappa shape index (κ3) is 59.5. The average Bonchev–Trinajstić information content (AvgIpc) is 3.40. The van der Waals surface area contributed by atoms with Crippen LogP contribution in [0.3, 0.4) is 0 Å². The second-order valence-corrected chi connectivity index (χ2v) is 20.9. The van der Waals surface area contributed by atoms with Crippen molar-refractivity contribution in [1.82, 2.24) is 0 Å². The fourth-order valence-corrected chi connectivity index (χ4v) is 8.87. The van der Waals surface area contributed by atoms with E-state index in [1.54, 1.807) is 0 Å². The Hall–Kier alpha value is -3.41. The molecule has 0 saturated carbocycles. The number of unbranched alkanes of at least 4 members (excludes halogenated alkanes) is 32. The van der Waals surface area contributed by atoms with E-state index >= 15 is 0 Å². The first-order chi connectivity index (χ1) is 36.5. The first kappa shape index (κ1) is 70.6. The maximum atomic E-state index is 12.9. The van der Waals surface area contributed by atoms with E-state index in [9.17, 15) is 14.4 Å². The Kier molecular flexibility index (Phi) is 59.3. The van der Waals surface area contributed by atoms with Crippen molar-refractivity contribution in [2.24, 2.45) is 0 Å². The Labute approximate surface area is 458 Å². The molecule has 0 amide bonds. The fraction of sp³-hybridized carbons (Fsp3) is 0.750. The molecule has 0 spiro atoms. The van der Waals surface area contributed by atoms with Gasteiger partial charge in [0.1, 0.15) is 13.2 Å². The summed E-state index contributed by atoms with van der Waals surface area (Å²) in [6, 6.07) is 0. The van der Waals surface area contributed by atoms with Gasteiger partial charge >= 0.3 is 17.9 Å². The molecule has 0 saturated heterocycles. The zero-order valence-corrected chi connectivity index (χ0v) is 48.8. The predicted molar refractivity (Wildman–Crippen MR) is 321 cm³/mol. The number of allylic oxidation sites excluding steroid dienone is 14. The van der Waals surface area contributed by atoms with Crippen LogP contribution in [0.15, 0.2) is 85.1 Å². The molecule has 0 heterocycles. The van der Waals surface area contributed by atoms with E-state index in [0.29, 0.717) is 19.3 Å². The lowest BCUT2D eigenvalue weighted by Gasteiger charge is -2.18. The molecule has 0 aromatic heterocycles. The van der Waals surface area contributed by atoms with Crippen molar-refractivity contribution in [3.63, 3.8) is 0 Å². The predicted octanol–water partition coefficient (Wildman–Crippen LogP) is 21.5. The summed E-state index contributed by atoms with van der Waals surface area (Å²) in [5.41, 5.74) is 0. The van der Waals surface area contributed by atoms with Gasteiger partial charge in [-0.25, -0.2) is 0 Å². The van der Waals surface area contributed by atoms with Crippen LogP contribution in [0, 0.1) is 0 Å². The molecule has 0 radical (unpaired) electrons. The molecule has 1 unspecified atom stereocenters. The first-order valence-electron chi connectivity index (χ1n) is 31.6. The van der Waals surface area contributed by atoms with E-state index in [0.717, 1.165) is 116 Å². The van der Waals surface area contributed by atoms with Gasteiger partial charge < -0.3 is 14.2 Å². The number of hydrogen-bond donors (Lipinski definition) is 0. The van der Waals surface area contributed by atoms with Gasteiger partial charge in [0.2, 0.25) is 0 Å².